The number of ether oxygens (including phenoxy) is 3. The number of nitrogens with zero attached hydrogens (tertiary/aromatic N) is 1. The largest absolute Gasteiger partial charge is 0.493 e. The van der Waals surface area contributed by atoms with Crippen LogP contribution in [-0.4, -0.2) is 52.3 Å². The third kappa shape index (κ3) is 4.37. The van der Waals surface area contributed by atoms with Crippen LogP contribution in [-0.2, 0) is 9.59 Å². The van der Waals surface area contributed by atoms with Crippen molar-refractivity contribution in [2.24, 2.45) is 0 Å². The van der Waals surface area contributed by atoms with Gasteiger partial charge < -0.3 is 30.2 Å². The summed E-state index contributed by atoms with van der Waals surface area (Å²) in [6, 6.07) is 9.52. The number of carbonyl (C=O) groups is 3. The summed E-state index contributed by atoms with van der Waals surface area (Å²) in [5, 5.41) is 7.88. The first kappa shape index (κ1) is 20.8. The summed E-state index contributed by atoms with van der Waals surface area (Å²) in [4.78, 5) is 38.0. The maximum atomic E-state index is 12.5. The minimum absolute atomic E-state index is 0.142. The highest BCUT2D eigenvalue weighted by Crippen LogP contribution is 2.39. The van der Waals surface area contributed by atoms with E-state index in [-0.39, 0.29) is 19.0 Å². The van der Waals surface area contributed by atoms with E-state index in [1.807, 2.05) is 0 Å². The van der Waals surface area contributed by atoms with Gasteiger partial charge in [-0.25, -0.2) is 4.79 Å². The Bertz CT molecular complexity index is 953. The zero-order valence-corrected chi connectivity index (χ0v) is 16.8. The van der Waals surface area contributed by atoms with E-state index in [9.17, 15) is 14.4 Å². The predicted octanol–water partition coefficient (Wildman–Crippen LogP) is 1.82. The molecule has 0 unspecified atom stereocenters. The van der Waals surface area contributed by atoms with Crippen LogP contribution in [0.4, 0.5) is 21.9 Å². The number of hydrogen-bond donors (Lipinski definition) is 3. The molecule has 0 radical (unpaired) electrons. The van der Waals surface area contributed by atoms with Gasteiger partial charge in [-0.3, -0.25) is 14.5 Å². The van der Waals surface area contributed by atoms with Crippen LogP contribution in [0.2, 0.25) is 0 Å². The molecule has 0 saturated heterocycles. The van der Waals surface area contributed by atoms with Gasteiger partial charge in [0.05, 0.1) is 39.2 Å². The Labute approximate surface area is 173 Å². The molecule has 0 spiro atoms. The second-order valence-electron chi connectivity index (χ2n) is 6.27. The van der Waals surface area contributed by atoms with Crippen LogP contribution in [0.3, 0.4) is 0 Å². The number of nitrogens with one attached hydrogen (secondary N) is 3. The van der Waals surface area contributed by atoms with E-state index in [0.29, 0.717) is 34.3 Å². The van der Waals surface area contributed by atoms with Crippen LogP contribution in [0, 0.1) is 0 Å². The average Bonchev–Trinajstić information content (AvgIpc) is 2.75. The van der Waals surface area contributed by atoms with E-state index < -0.39 is 11.9 Å². The van der Waals surface area contributed by atoms with Crippen LogP contribution in [0.25, 0.3) is 0 Å². The zero-order valence-electron chi connectivity index (χ0n) is 16.8. The highest BCUT2D eigenvalue weighted by molar-refractivity contribution is 6.10. The summed E-state index contributed by atoms with van der Waals surface area (Å²) in [6.45, 7) is -0.437. The molecule has 2 aromatic carbocycles. The fourth-order valence-corrected chi connectivity index (χ4v) is 3.02. The number of benzene rings is 2. The lowest BCUT2D eigenvalue weighted by molar-refractivity contribution is -0.115. The summed E-state index contributed by atoms with van der Waals surface area (Å²) < 4.78 is 15.7. The van der Waals surface area contributed by atoms with E-state index in [0.717, 1.165) is 0 Å². The first-order valence-corrected chi connectivity index (χ1v) is 9.01. The van der Waals surface area contributed by atoms with Crippen LogP contribution in [0.1, 0.15) is 0 Å². The van der Waals surface area contributed by atoms with Crippen molar-refractivity contribution < 1.29 is 28.6 Å². The van der Waals surface area contributed by atoms with Crippen LogP contribution in [0.15, 0.2) is 36.4 Å². The molecule has 1 heterocycles. The molecule has 4 amide bonds. The molecule has 0 saturated carbocycles. The maximum absolute atomic E-state index is 12.5. The minimum atomic E-state index is -0.558. The number of amides is 4. The molecular weight excluding hydrogens is 392 g/mol. The molecular formula is C20H22N4O6. The fourth-order valence-electron chi connectivity index (χ4n) is 3.02. The highest BCUT2D eigenvalue weighted by Gasteiger charge is 2.26. The Morgan fingerprint density at radius 1 is 1.07 bits per heavy atom. The van der Waals surface area contributed by atoms with E-state index in [2.05, 4.69) is 16.0 Å². The first-order valence-electron chi connectivity index (χ1n) is 9.01. The summed E-state index contributed by atoms with van der Waals surface area (Å²) in [5.41, 5.74) is 1.50. The van der Waals surface area contributed by atoms with Crippen LogP contribution in [0.5, 0.6) is 17.2 Å². The molecule has 0 bridgehead atoms. The van der Waals surface area contributed by atoms with E-state index in [1.54, 1.807) is 36.4 Å². The van der Waals surface area contributed by atoms with Crippen molar-refractivity contribution in [2.75, 3.05) is 50.0 Å². The quantitative estimate of drug-likeness (QED) is 0.664. The molecule has 1 aliphatic rings. The van der Waals surface area contributed by atoms with Gasteiger partial charge in [-0.05, 0) is 12.1 Å². The van der Waals surface area contributed by atoms with Crippen molar-refractivity contribution in [1.29, 1.82) is 0 Å². The summed E-state index contributed by atoms with van der Waals surface area (Å²) in [7, 11) is 4.42. The van der Waals surface area contributed by atoms with Crippen molar-refractivity contribution in [3.05, 3.63) is 36.4 Å². The number of urea groups is 1. The Kier molecular flexibility index (Phi) is 6.26. The maximum Gasteiger partial charge on any atom is 0.322 e. The van der Waals surface area contributed by atoms with Crippen LogP contribution >= 0.6 is 0 Å². The monoisotopic (exact) mass is 414 g/mol. The van der Waals surface area contributed by atoms with Gasteiger partial charge in [0.25, 0.3) is 0 Å². The number of hydrogen-bond acceptors (Lipinski definition) is 6. The SMILES string of the molecule is COc1cc(NC(=O)CNC(=O)N2CC(=O)Nc3ccccc32)cc(OC)c1OC. The molecule has 0 atom stereocenters. The van der Waals surface area contributed by atoms with Gasteiger partial charge in [-0.15, -0.1) is 0 Å². The first-order chi connectivity index (χ1) is 14.5. The number of methoxy groups -OCH3 is 3. The van der Waals surface area contributed by atoms with Gasteiger partial charge in [0.2, 0.25) is 17.6 Å². The Hall–Kier alpha value is -3.95. The van der Waals surface area contributed by atoms with Gasteiger partial charge in [-0.1, -0.05) is 12.1 Å². The third-order valence-electron chi connectivity index (χ3n) is 4.36. The lowest BCUT2D eigenvalue weighted by Crippen LogP contribution is -2.48. The molecule has 3 N–H and O–H groups in total. The van der Waals surface area contributed by atoms with Gasteiger partial charge in [-0.2, -0.15) is 0 Å². The average molecular weight is 414 g/mol. The molecule has 2 aromatic rings. The summed E-state index contributed by atoms with van der Waals surface area (Å²) in [5.74, 6) is 0.380. The van der Waals surface area contributed by atoms with Gasteiger partial charge in [0, 0.05) is 17.8 Å². The number of para-hydroxylation sites is 2. The Morgan fingerprint density at radius 3 is 2.37 bits per heavy atom. The van der Waals surface area contributed by atoms with Gasteiger partial charge >= 0.3 is 6.03 Å². The predicted molar refractivity (Wildman–Crippen MR) is 111 cm³/mol. The second-order valence-corrected chi connectivity index (χ2v) is 6.27. The second kappa shape index (κ2) is 9.03. The standard InChI is InChI=1S/C20H22N4O6/c1-28-15-8-12(9-16(29-2)19(15)30-3)22-17(25)10-21-20(27)24-11-18(26)23-13-6-4-5-7-14(13)24/h4-9H,10-11H2,1-3H3,(H,21,27)(H,22,25)(H,23,26). The lowest BCUT2D eigenvalue weighted by atomic mass is 10.2. The molecule has 30 heavy (non-hydrogen) atoms. The molecule has 0 aliphatic carbocycles. The molecule has 3 rings (SSSR count). The van der Waals surface area contributed by atoms with Crippen molar-refractivity contribution in [2.45, 2.75) is 0 Å². The Balaban J connectivity index is 1.65. The molecule has 0 aromatic heterocycles. The number of rotatable bonds is 6. The van der Waals surface area contributed by atoms with E-state index in [1.165, 1.54) is 26.2 Å². The van der Waals surface area contributed by atoms with E-state index >= 15 is 0 Å². The Morgan fingerprint density at radius 2 is 1.73 bits per heavy atom. The topological polar surface area (TPSA) is 118 Å². The van der Waals surface area contributed by atoms with Crippen molar-refractivity contribution in [1.82, 2.24) is 5.32 Å². The molecule has 10 heteroatoms. The minimum Gasteiger partial charge on any atom is -0.493 e. The summed E-state index contributed by atoms with van der Waals surface area (Å²) >= 11 is 0. The highest BCUT2D eigenvalue weighted by atomic mass is 16.5. The number of fused-ring (bicyclic) bond motifs is 1. The van der Waals surface area contributed by atoms with Gasteiger partial charge in [0.15, 0.2) is 11.5 Å². The molecule has 0 fully saturated rings. The molecule has 1 aliphatic heterocycles. The number of carbonyl (C=O) groups excluding carboxylic acids is 3. The smallest absolute Gasteiger partial charge is 0.322 e. The van der Waals surface area contributed by atoms with E-state index in [4.69, 9.17) is 14.2 Å². The normalized spacial score (nSPS) is 12.4. The van der Waals surface area contributed by atoms with Crippen molar-refractivity contribution in [3.63, 3.8) is 0 Å². The van der Waals surface area contributed by atoms with Crippen LogP contribution < -0.4 is 35.1 Å². The molecule has 10 nitrogen and oxygen atoms in total. The van der Waals surface area contributed by atoms with Crippen molar-refractivity contribution >= 4 is 34.9 Å². The number of anilines is 3. The third-order valence-corrected chi connectivity index (χ3v) is 4.36. The summed E-state index contributed by atoms with van der Waals surface area (Å²) in [6.07, 6.45) is 0. The van der Waals surface area contributed by atoms with Crippen molar-refractivity contribution in [3.8, 4) is 17.2 Å². The fraction of sp³-hybridized carbons (Fsp3) is 0.250. The lowest BCUT2D eigenvalue weighted by Gasteiger charge is -2.29. The zero-order chi connectivity index (χ0) is 21.7. The molecule has 158 valence electrons. The van der Waals surface area contributed by atoms with Gasteiger partial charge in [0.1, 0.15) is 6.54 Å².